The number of hydrogen-bond donors (Lipinski definition) is 0. The molecule has 9 heteroatoms. The van der Waals surface area contributed by atoms with Crippen molar-refractivity contribution in [1.82, 2.24) is 0 Å². The number of carbonyl (C=O) groups excluding carboxylic acids is 1. The van der Waals surface area contributed by atoms with Crippen LogP contribution in [0.25, 0.3) is 0 Å². The van der Waals surface area contributed by atoms with Crippen molar-refractivity contribution in [2.24, 2.45) is 23.7 Å². The third kappa shape index (κ3) is 6.67. The second kappa shape index (κ2) is 10.3. The molecule has 0 bridgehead atoms. The van der Waals surface area contributed by atoms with Gasteiger partial charge in [-0.3, -0.25) is 4.79 Å². The van der Waals surface area contributed by atoms with E-state index in [0.29, 0.717) is 30.9 Å². The molecule has 0 saturated heterocycles. The highest BCUT2D eigenvalue weighted by atomic mass is 28.2. The van der Waals surface area contributed by atoms with E-state index >= 15 is 0 Å². The molecule has 0 aliphatic heterocycles. The van der Waals surface area contributed by atoms with Crippen LogP contribution in [0.1, 0.15) is 51.4 Å². The van der Waals surface area contributed by atoms with Gasteiger partial charge in [0, 0.05) is 21.7 Å². The van der Waals surface area contributed by atoms with E-state index in [-0.39, 0.29) is 15.4 Å². The molecule has 2 aliphatic rings. The molecule has 0 amide bonds. The third-order valence-electron chi connectivity index (χ3n) is 6.77. The molecule has 0 spiro atoms. The van der Waals surface area contributed by atoms with Gasteiger partial charge in [-0.15, -0.1) is 13.2 Å². The molecule has 0 unspecified atom stereocenters. The van der Waals surface area contributed by atoms with Crippen LogP contribution in [-0.2, 0) is 4.79 Å². The number of benzene rings is 1. The van der Waals surface area contributed by atoms with E-state index < -0.39 is 35.5 Å². The van der Waals surface area contributed by atoms with Crippen LogP contribution in [0.3, 0.4) is 0 Å². The Morgan fingerprint density at radius 3 is 1.97 bits per heavy atom. The Balaban J connectivity index is 1.50. The van der Waals surface area contributed by atoms with Crippen LogP contribution in [-0.4, -0.2) is 21.9 Å². The molecule has 3 nitrogen and oxygen atoms in total. The summed E-state index contributed by atoms with van der Waals surface area (Å²) in [6.45, 7) is 2.36. The summed E-state index contributed by atoms with van der Waals surface area (Å²) < 4.78 is 72.7. The predicted molar refractivity (Wildman–Crippen MR) is 109 cm³/mol. The van der Waals surface area contributed by atoms with E-state index in [2.05, 4.69) is 11.3 Å². The van der Waals surface area contributed by atoms with Crippen molar-refractivity contribution < 1.29 is 36.2 Å². The summed E-state index contributed by atoms with van der Waals surface area (Å²) in [6, 6.07) is 2.51. The summed E-state index contributed by atoms with van der Waals surface area (Å²) in [7, 11) is 0.117. The monoisotopic (exact) mass is 464 g/mol. The standard InChI is InChI=1S/C22H29F5O3Si/c1-31-12-13-2-4-14(5-3-13)15-6-8-16(9-7-15)21(28)29-17-10-18(23)20(19(24)11-17)30-22(25,26)27/h10-11,13-16H,2-9,12,31H2,1H3/t13-,14-,15-,16-. The molecule has 3 rings (SSSR count). The van der Waals surface area contributed by atoms with Gasteiger partial charge in [-0.1, -0.05) is 25.4 Å². The number of rotatable bonds is 6. The van der Waals surface area contributed by atoms with Gasteiger partial charge in [-0.2, -0.15) is 0 Å². The molecule has 2 fully saturated rings. The van der Waals surface area contributed by atoms with Gasteiger partial charge in [0.15, 0.2) is 11.6 Å². The number of hydrogen-bond acceptors (Lipinski definition) is 3. The summed E-state index contributed by atoms with van der Waals surface area (Å²) in [5.74, 6) is -3.91. The van der Waals surface area contributed by atoms with Gasteiger partial charge < -0.3 is 9.47 Å². The number of esters is 1. The largest absolute Gasteiger partial charge is 0.573 e. The Labute approximate surface area is 181 Å². The molecular weight excluding hydrogens is 435 g/mol. The first-order valence-electron chi connectivity index (χ1n) is 11.1. The second-order valence-corrected chi connectivity index (χ2v) is 10.4. The molecule has 0 heterocycles. The maximum atomic E-state index is 13.8. The van der Waals surface area contributed by atoms with Crippen molar-refractivity contribution in [3.8, 4) is 11.5 Å². The first kappa shape index (κ1) is 24.0. The van der Waals surface area contributed by atoms with Crippen molar-refractivity contribution in [2.45, 2.75) is 70.3 Å². The zero-order valence-corrected chi connectivity index (χ0v) is 19.1. The lowest BCUT2D eigenvalue weighted by atomic mass is 9.69. The molecular formula is C22H29F5O3Si. The normalized spacial score (nSPS) is 27.4. The van der Waals surface area contributed by atoms with Crippen LogP contribution in [0.4, 0.5) is 22.0 Å². The molecule has 0 radical (unpaired) electrons. The minimum atomic E-state index is -5.23. The summed E-state index contributed by atoms with van der Waals surface area (Å²) in [5, 5.41) is 0. The summed E-state index contributed by atoms with van der Waals surface area (Å²) in [4.78, 5) is 12.4. The van der Waals surface area contributed by atoms with E-state index in [4.69, 9.17) is 4.74 Å². The second-order valence-electron chi connectivity index (χ2n) is 8.87. The first-order valence-corrected chi connectivity index (χ1v) is 13.5. The summed E-state index contributed by atoms with van der Waals surface area (Å²) >= 11 is 0. The Bertz CT molecular complexity index is 731. The molecule has 0 N–H and O–H groups in total. The van der Waals surface area contributed by atoms with Gasteiger partial charge in [-0.25, -0.2) is 8.78 Å². The van der Waals surface area contributed by atoms with Crippen LogP contribution in [0.2, 0.25) is 12.6 Å². The number of halogens is 5. The molecule has 1 aromatic rings. The summed E-state index contributed by atoms with van der Waals surface area (Å²) in [6.07, 6.45) is 3.12. The van der Waals surface area contributed by atoms with Crippen molar-refractivity contribution >= 4 is 15.5 Å². The average molecular weight is 465 g/mol. The zero-order chi connectivity index (χ0) is 22.6. The Morgan fingerprint density at radius 2 is 1.48 bits per heavy atom. The van der Waals surface area contributed by atoms with Gasteiger partial charge in [0.25, 0.3) is 0 Å². The highest BCUT2D eigenvalue weighted by Crippen LogP contribution is 2.42. The van der Waals surface area contributed by atoms with Crippen LogP contribution < -0.4 is 9.47 Å². The van der Waals surface area contributed by atoms with Crippen molar-refractivity contribution in [3.05, 3.63) is 23.8 Å². The fraction of sp³-hybridized carbons (Fsp3) is 0.682. The van der Waals surface area contributed by atoms with E-state index in [1.165, 1.54) is 31.7 Å². The SMILES string of the molecule is C[SiH2]C[C@H]1CC[C@H]([C@H]2CC[C@H](C(=O)Oc3cc(F)c(OC(F)(F)F)c(F)c3)CC2)CC1. The van der Waals surface area contributed by atoms with Crippen LogP contribution in [0, 0.1) is 35.3 Å². The quantitative estimate of drug-likeness (QED) is 0.224. The lowest BCUT2D eigenvalue weighted by Gasteiger charge is -2.37. The molecule has 1 aromatic carbocycles. The molecule has 174 valence electrons. The average Bonchev–Trinajstić information content (AvgIpc) is 2.71. The molecule has 0 aromatic heterocycles. The van der Waals surface area contributed by atoms with Crippen molar-refractivity contribution in [3.63, 3.8) is 0 Å². The zero-order valence-electron chi connectivity index (χ0n) is 17.6. The fourth-order valence-corrected chi connectivity index (χ4v) is 6.58. The van der Waals surface area contributed by atoms with Gasteiger partial charge >= 0.3 is 12.3 Å². The number of carbonyl (C=O) groups is 1. The lowest BCUT2D eigenvalue weighted by molar-refractivity contribution is -0.276. The van der Waals surface area contributed by atoms with Crippen molar-refractivity contribution in [2.75, 3.05) is 0 Å². The van der Waals surface area contributed by atoms with E-state index in [9.17, 15) is 26.7 Å². The third-order valence-corrected chi connectivity index (χ3v) is 8.16. The first-order chi connectivity index (χ1) is 14.7. The van der Waals surface area contributed by atoms with Crippen molar-refractivity contribution in [1.29, 1.82) is 0 Å². The lowest BCUT2D eigenvalue weighted by Crippen LogP contribution is -2.30. The van der Waals surface area contributed by atoms with E-state index in [0.717, 1.165) is 24.7 Å². The van der Waals surface area contributed by atoms with Gasteiger partial charge in [-0.05, 0) is 56.3 Å². The number of ether oxygens (including phenoxy) is 2. The van der Waals surface area contributed by atoms with Crippen LogP contribution >= 0.6 is 0 Å². The smallest absolute Gasteiger partial charge is 0.426 e. The minimum Gasteiger partial charge on any atom is -0.426 e. The highest BCUT2D eigenvalue weighted by Gasteiger charge is 2.35. The maximum Gasteiger partial charge on any atom is 0.573 e. The summed E-state index contributed by atoms with van der Waals surface area (Å²) in [5.41, 5.74) is 0. The Kier molecular flexibility index (Phi) is 7.99. The molecule has 2 saturated carbocycles. The van der Waals surface area contributed by atoms with E-state index in [1.807, 2.05) is 0 Å². The Morgan fingerprint density at radius 1 is 0.968 bits per heavy atom. The van der Waals surface area contributed by atoms with E-state index in [1.54, 1.807) is 0 Å². The van der Waals surface area contributed by atoms with Crippen LogP contribution in [0.5, 0.6) is 11.5 Å². The highest BCUT2D eigenvalue weighted by molar-refractivity contribution is 6.33. The predicted octanol–water partition coefficient (Wildman–Crippen LogP) is 6.02. The maximum absolute atomic E-state index is 13.8. The molecule has 31 heavy (non-hydrogen) atoms. The number of alkyl halides is 3. The topological polar surface area (TPSA) is 35.5 Å². The fourth-order valence-electron chi connectivity index (χ4n) is 5.19. The van der Waals surface area contributed by atoms with Crippen LogP contribution in [0.15, 0.2) is 12.1 Å². The molecule has 0 atom stereocenters. The minimum absolute atomic E-state index is 0.117. The Hall–Kier alpha value is -1.64. The van der Waals surface area contributed by atoms with Gasteiger partial charge in [0.05, 0.1) is 5.92 Å². The van der Waals surface area contributed by atoms with Gasteiger partial charge in [0.2, 0.25) is 5.75 Å². The molecule has 2 aliphatic carbocycles. The van der Waals surface area contributed by atoms with Gasteiger partial charge in [0.1, 0.15) is 5.75 Å².